The van der Waals surface area contributed by atoms with Crippen molar-refractivity contribution in [3.8, 4) is 23.0 Å². The third kappa shape index (κ3) is 7.02. The van der Waals surface area contributed by atoms with Gasteiger partial charge in [-0.1, -0.05) is 12.1 Å². The molecule has 0 N–H and O–H groups in total. The van der Waals surface area contributed by atoms with Gasteiger partial charge in [0, 0.05) is 52.1 Å². The number of imidazole rings is 1. The van der Waals surface area contributed by atoms with Gasteiger partial charge in [-0.05, 0) is 70.5 Å². The number of aromatic nitrogens is 4. The van der Waals surface area contributed by atoms with Crippen molar-refractivity contribution in [3.63, 3.8) is 0 Å². The third-order valence-corrected chi connectivity index (χ3v) is 9.19. The second kappa shape index (κ2) is 13.3. The molecule has 6 rings (SSSR count). The number of benzene rings is 1. The van der Waals surface area contributed by atoms with Crippen LogP contribution in [-0.2, 0) is 16.6 Å². The van der Waals surface area contributed by atoms with Gasteiger partial charge in [-0.25, -0.2) is 14.8 Å². The molecule has 4 aromatic rings. The van der Waals surface area contributed by atoms with Crippen molar-refractivity contribution in [1.82, 2.24) is 29.3 Å². The van der Waals surface area contributed by atoms with E-state index in [0.717, 1.165) is 28.0 Å². The minimum Gasteiger partial charge on any atom is -0.497 e. The zero-order valence-corrected chi connectivity index (χ0v) is 28.8. The molecular formula is C36H45N7O5. The normalized spacial score (nSPS) is 18.3. The molecule has 0 spiro atoms. The molecule has 2 amide bonds. The smallest absolute Gasteiger partial charge is 0.410 e. The number of amides is 2. The summed E-state index contributed by atoms with van der Waals surface area (Å²) in [7, 11) is 3.56. The van der Waals surface area contributed by atoms with E-state index in [0.29, 0.717) is 56.4 Å². The van der Waals surface area contributed by atoms with Gasteiger partial charge in [-0.2, -0.15) is 0 Å². The Hall–Kier alpha value is -4.87. The SMILES string of the molecule is COc1ccc(C(C)N2CC(C(C)Oc3nc(-c4ccc(N5CCN(C(=O)OC(C)(C)C)CC5)cn4)cc4ncn(C)c34)CC2=O)cc1. The highest BCUT2D eigenvalue weighted by atomic mass is 16.6. The molecule has 254 valence electrons. The number of ether oxygens (including phenoxy) is 3. The molecule has 0 radical (unpaired) electrons. The molecule has 3 aromatic heterocycles. The summed E-state index contributed by atoms with van der Waals surface area (Å²) < 4.78 is 19.3. The fourth-order valence-electron chi connectivity index (χ4n) is 6.33. The van der Waals surface area contributed by atoms with Gasteiger partial charge in [-0.15, -0.1) is 0 Å². The summed E-state index contributed by atoms with van der Waals surface area (Å²) in [6, 6.07) is 13.7. The summed E-state index contributed by atoms with van der Waals surface area (Å²) in [5.74, 6) is 1.37. The highest BCUT2D eigenvalue weighted by Gasteiger charge is 2.37. The fourth-order valence-corrected chi connectivity index (χ4v) is 6.33. The van der Waals surface area contributed by atoms with Crippen LogP contribution >= 0.6 is 0 Å². The van der Waals surface area contributed by atoms with Gasteiger partial charge < -0.3 is 33.5 Å². The number of aryl methyl sites for hydroxylation is 1. The minimum atomic E-state index is -0.517. The van der Waals surface area contributed by atoms with Crippen LogP contribution in [0.15, 0.2) is 55.0 Å². The summed E-state index contributed by atoms with van der Waals surface area (Å²) in [6.07, 6.45) is 3.45. The predicted molar refractivity (Wildman–Crippen MR) is 183 cm³/mol. The summed E-state index contributed by atoms with van der Waals surface area (Å²) in [5, 5.41) is 0. The third-order valence-electron chi connectivity index (χ3n) is 9.19. The van der Waals surface area contributed by atoms with Gasteiger partial charge >= 0.3 is 6.09 Å². The Labute approximate surface area is 281 Å². The molecule has 3 unspecified atom stereocenters. The molecule has 12 heteroatoms. The van der Waals surface area contributed by atoms with Crippen molar-refractivity contribution in [2.75, 3.05) is 44.7 Å². The first-order valence-electron chi connectivity index (χ1n) is 16.5. The highest BCUT2D eigenvalue weighted by molar-refractivity contribution is 5.84. The molecular weight excluding hydrogens is 610 g/mol. The first-order chi connectivity index (χ1) is 22.9. The van der Waals surface area contributed by atoms with E-state index in [9.17, 15) is 9.59 Å². The van der Waals surface area contributed by atoms with Gasteiger partial charge in [-0.3, -0.25) is 9.78 Å². The van der Waals surface area contributed by atoms with E-state index in [4.69, 9.17) is 24.2 Å². The Balaban J connectivity index is 1.14. The predicted octanol–water partition coefficient (Wildman–Crippen LogP) is 5.47. The molecule has 48 heavy (non-hydrogen) atoms. The standard InChI is InChI=1S/C36H45N7O5/c1-23(25-8-11-28(46-7)12-9-25)43-21-26(18-32(43)44)24(2)47-34-33-31(38-22-40(33)6)19-30(39-34)29-13-10-27(20-37-29)41-14-16-42(17-15-41)35(45)48-36(3,4)5/h8-13,19-20,22-24,26H,14-18,21H2,1-7H3. The number of hydrogen-bond donors (Lipinski definition) is 0. The van der Waals surface area contributed by atoms with Gasteiger partial charge in [0.2, 0.25) is 11.8 Å². The molecule has 0 saturated carbocycles. The fraction of sp³-hybridized carbons (Fsp3) is 0.472. The van der Waals surface area contributed by atoms with Crippen LogP contribution < -0.4 is 14.4 Å². The van der Waals surface area contributed by atoms with Crippen LogP contribution in [0.1, 0.15) is 52.6 Å². The zero-order valence-electron chi connectivity index (χ0n) is 28.8. The number of likely N-dealkylation sites (tertiary alicyclic amines) is 1. The lowest BCUT2D eigenvalue weighted by Crippen LogP contribution is -2.50. The number of carbonyl (C=O) groups is 2. The highest BCUT2D eigenvalue weighted by Crippen LogP contribution is 2.34. The number of methoxy groups -OCH3 is 1. The lowest BCUT2D eigenvalue weighted by molar-refractivity contribution is -0.129. The Morgan fingerprint density at radius 1 is 0.979 bits per heavy atom. The monoisotopic (exact) mass is 655 g/mol. The van der Waals surface area contributed by atoms with Crippen molar-refractivity contribution in [1.29, 1.82) is 0 Å². The van der Waals surface area contributed by atoms with E-state index in [2.05, 4.69) is 16.8 Å². The lowest BCUT2D eigenvalue weighted by atomic mass is 10.0. The van der Waals surface area contributed by atoms with E-state index in [-0.39, 0.29) is 30.1 Å². The number of fused-ring (bicyclic) bond motifs is 1. The molecule has 5 heterocycles. The number of piperazine rings is 1. The summed E-state index contributed by atoms with van der Waals surface area (Å²) in [6.45, 7) is 12.8. The number of hydrogen-bond acceptors (Lipinski definition) is 9. The molecule has 2 saturated heterocycles. The number of nitrogens with zero attached hydrogens (tertiary/aromatic N) is 7. The second-order valence-corrected chi connectivity index (χ2v) is 13.7. The zero-order chi connectivity index (χ0) is 34.2. The molecule has 12 nitrogen and oxygen atoms in total. The van der Waals surface area contributed by atoms with Crippen LogP contribution in [0.4, 0.5) is 10.5 Å². The van der Waals surface area contributed by atoms with Gasteiger partial charge in [0.25, 0.3) is 0 Å². The van der Waals surface area contributed by atoms with Crippen LogP contribution in [0.3, 0.4) is 0 Å². The van der Waals surface area contributed by atoms with Gasteiger partial charge in [0.15, 0.2) is 0 Å². The molecule has 0 aliphatic carbocycles. The number of pyridine rings is 2. The van der Waals surface area contributed by atoms with E-state index in [1.54, 1.807) is 18.3 Å². The summed E-state index contributed by atoms with van der Waals surface area (Å²) in [5.41, 5.74) is 4.42. The van der Waals surface area contributed by atoms with Crippen molar-refractivity contribution >= 4 is 28.7 Å². The minimum absolute atomic E-state index is 0.000117. The van der Waals surface area contributed by atoms with E-state index < -0.39 is 5.60 Å². The molecule has 2 fully saturated rings. The molecule has 3 atom stereocenters. The van der Waals surface area contributed by atoms with Crippen LogP contribution in [-0.4, -0.2) is 92.9 Å². The molecule has 2 aliphatic heterocycles. The molecule has 1 aromatic carbocycles. The first-order valence-corrected chi connectivity index (χ1v) is 16.5. The maximum Gasteiger partial charge on any atom is 0.410 e. The topological polar surface area (TPSA) is 115 Å². The summed E-state index contributed by atoms with van der Waals surface area (Å²) >= 11 is 0. The maximum atomic E-state index is 13.2. The van der Waals surface area contributed by atoms with Gasteiger partial charge in [0.05, 0.1) is 48.3 Å². The maximum absolute atomic E-state index is 13.2. The molecule has 2 aliphatic rings. The van der Waals surface area contributed by atoms with Crippen LogP contribution in [0, 0.1) is 5.92 Å². The van der Waals surface area contributed by atoms with E-state index >= 15 is 0 Å². The number of anilines is 1. The Morgan fingerprint density at radius 3 is 2.35 bits per heavy atom. The second-order valence-electron chi connectivity index (χ2n) is 13.7. The average Bonchev–Trinajstić information content (AvgIpc) is 3.66. The molecule has 0 bridgehead atoms. The van der Waals surface area contributed by atoms with E-state index in [1.807, 2.05) is 92.9 Å². The Morgan fingerprint density at radius 2 is 1.71 bits per heavy atom. The summed E-state index contributed by atoms with van der Waals surface area (Å²) in [4.78, 5) is 45.8. The van der Waals surface area contributed by atoms with Crippen molar-refractivity contribution in [3.05, 3.63) is 60.6 Å². The van der Waals surface area contributed by atoms with Crippen LogP contribution in [0.2, 0.25) is 0 Å². The first kappa shape index (κ1) is 33.0. The number of rotatable bonds is 8. The average molecular weight is 656 g/mol. The van der Waals surface area contributed by atoms with Crippen LogP contribution in [0.5, 0.6) is 11.6 Å². The Bertz CT molecular complexity index is 1760. The van der Waals surface area contributed by atoms with Gasteiger partial charge in [0.1, 0.15) is 23.0 Å². The quantitative estimate of drug-likeness (QED) is 0.244. The van der Waals surface area contributed by atoms with E-state index in [1.165, 1.54) is 0 Å². The van der Waals surface area contributed by atoms with Crippen LogP contribution in [0.25, 0.3) is 22.4 Å². The Kier molecular flexibility index (Phi) is 9.18. The van der Waals surface area contributed by atoms with Crippen molar-refractivity contribution < 1.29 is 23.8 Å². The lowest BCUT2D eigenvalue weighted by Gasteiger charge is -2.36. The van der Waals surface area contributed by atoms with Crippen molar-refractivity contribution in [2.45, 2.75) is 58.8 Å². The number of carbonyl (C=O) groups excluding carboxylic acids is 2. The van der Waals surface area contributed by atoms with Crippen molar-refractivity contribution in [2.24, 2.45) is 13.0 Å². The largest absolute Gasteiger partial charge is 0.497 e.